The standard InChI is InChI=1S/C20H24F3NO2/c1-14(2)17-12-19(10-4-3-5-11-19)18(25)24(17)15-6-8-16(9-7-15)26-13-20(21,22)23/h6-9,17H,1,3-5,10-13H2,2H3. The fourth-order valence-corrected chi connectivity index (χ4v) is 4.15. The highest BCUT2D eigenvalue weighted by atomic mass is 19.4. The van der Waals surface area contributed by atoms with Crippen LogP contribution in [0.3, 0.4) is 0 Å². The van der Waals surface area contributed by atoms with E-state index in [9.17, 15) is 18.0 Å². The van der Waals surface area contributed by atoms with E-state index in [4.69, 9.17) is 4.74 Å². The monoisotopic (exact) mass is 367 g/mol. The Labute approximate surface area is 151 Å². The lowest BCUT2D eigenvalue weighted by molar-refractivity contribution is -0.153. The van der Waals surface area contributed by atoms with Crippen LogP contribution in [0.2, 0.25) is 0 Å². The summed E-state index contributed by atoms with van der Waals surface area (Å²) in [5, 5.41) is 0. The van der Waals surface area contributed by atoms with Crippen molar-refractivity contribution in [1.82, 2.24) is 0 Å². The normalized spacial score (nSPS) is 22.7. The second-order valence-electron chi connectivity index (χ2n) is 7.48. The van der Waals surface area contributed by atoms with Crippen molar-refractivity contribution in [2.75, 3.05) is 11.5 Å². The Kier molecular flexibility index (Phi) is 5.04. The molecule has 0 radical (unpaired) electrons. The molecule has 1 spiro atoms. The van der Waals surface area contributed by atoms with E-state index in [1.54, 1.807) is 17.0 Å². The molecule has 1 saturated carbocycles. The van der Waals surface area contributed by atoms with Gasteiger partial charge in [-0.2, -0.15) is 13.2 Å². The van der Waals surface area contributed by atoms with Gasteiger partial charge in [0.25, 0.3) is 0 Å². The predicted octanol–water partition coefficient (Wildman–Crippen LogP) is 5.26. The van der Waals surface area contributed by atoms with Gasteiger partial charge in [-0.05, 0) is 50.5 Å². The molecule has 1 aliphatic carbocycles. The maximum Gasteiger partial charge on any atom is 0.422 e. The lowest BCUT2D eigenvalue weighted by atomic mass is 9.72. The summed E-state index contributed by atoms with van der Waals surface area (Å²) in [6, 6.07) is 6.20. The number of alkyl halides is 3. The number of rotatable bonds is 4. The van der Waals surface area contributed by atoms with E-state index in [0.29, 0.717) is 5.69 Å². The number of anilines is 1. The van der Waals surface area contributed by atoms with Crippen molar-refractivity contribution < 1.29 is 22.7 Å². The lowest BCUT2D eigenvalue weighted by Gasteiger charge is -2.31. The molecule has 3 rings (SSSR count). The number of amides is 1. The van der Waals surface area contributed by atoms with Gasteiger partial charge in [-0.1, -0.05) is 31.4 Å². The number of ether oxygens (including phenoxy) is 1. The Morgan fingerprint density at radius 2 is 1.85 bits per heavy atom. The third-order valence-electron chi connectivity index (χ3n) is 5.47. The van der Waals surface area contributed by atoms with E-state index in [1.165, 1.54) is 12.1 Å². The van der Waals surface area contributed by atoms with Gasteiger partial charge in [-0.25, -0.2) is 0 Å². The van der Waals surface area contributed by atoms with Crippen molar-refractivity contribution in [1.29, 1.82) is 0 Å². The number of benzene rings is 1. The van der Waals surface area contributed by atoms with Crippen molar-refractivity contribution >= 4 is 11.6 Å². The van der Waals surface area contributed by atoms with Crippen molar-refractivity contribution in [3.05, 3.63) is 36.4 Å². The molecule has 3 nitrogen and oxygen atoms in total. The smallest absolute Gasteiger partial charge is 0.422 e. The van der Waals surface area contributed by atoms with Crippen LogP contribution in [0, 0.1) is 5.41 Å². The molecule has 1 aromatic rings. The fourth-order valence-electron chi connectivity index (χ4n) is 4.15. The maximum absolute atomic E-state index is 13.2. The molecule has 0 aromatic heterocycles. The molecule has 0 N–H and O–H groups in total. The van der Waals surface area contributed by atoms with Gasteiger partial charge in [0.1, 0.15) is 5.75 Å². The number of carbonyl (C=O) groups excluding carboxylic acids is 1. The zero-order chi connectivity index (χ0) is 18.9. The molecule has 1 unspecified atom stereocenters. The Hall–Kier alpha value is -1.98. The number of nitrogens with zero attached hydrogens (tertiary/aromatic N) is 1. The second kappa shape index (κ2) is 6.97. The van der Waals surface area contributed by atoms with Crippen LogP contribution in [0.25, 0.3) is 0 Å². The Morgan fingerprint density at radius 3 is 2.38 bits per heavy atom. The first-order valence-electron chi connectivity index (χ1n) is 9.01. The molecule has 1 amide bonds. The molecular weight excluding hydrogens is 343 g/mol. The van der Waals surface area contributed by atoms with Crippen LogP contribution in [0.15, 0.2) is 36.4 Å². The third kappa shape index (κ3) is 3.74. The van der Waals surface area contributed by atoms with Crippen molar-refractivity contribution in [2.45, 2.75) is 57.7 Å². The third-order valence-corrected chi connectivity index (χ3v) is 5.47. The summed E-state index contributed by atoms with van der Waals surface area (Å²) < 4.78 is 41.6. The van der Waals surface area contributed by atoms with Gasteiger partial charge in [-0.3, -0.25) is 4.79 Å². The minimum atomic E-state index is -4.37. The molecule has 1 heterocycles. The highest BCUT2D eigenvalue weighted by molar-refractivity contribution is 6.01. The van der Waals surface area contributed by atoms with E-state index in [2.05, 4.69) is 6.58 Å². The Morgan fingerprint density at radius 1 is 1.23 bits per heavy atom. The van der Waals surface area contributed by atoms with E-state index < -0.39 is 12.8 Å². The summed E-state index contributed by atoms with van der Waals surface area (Å²) >= 11 is 0. The van der Waals surface area contributed by atoms with Gasteiger partial charge in [0, 0.05) is 5.69 Å². The minimum Gasteiger partial charge on any atom is -0.484 e. The van der Waals surface area contributed by atoms with Gasteiger partial charge in [0.2, 0.25) is 5.91 Å². The topological polar surface area (TPSA) is 29.5 Å². The van der Waals surface area contributed by atoms with Crippen LogP contribution in [0.4, 0.5) is 18.9 Å². The van der Waals surface area contributed by atoms with Gasteiger partial charge in [-0.15, -0.1) is 0 Å². The predicted molar refractivity (Wildman–Crippen MR) is 94.2 cm³/mol. The van der Waals surface area contributed by atoms with E-state index >= 15 is 0 Å². The van der Waals surface area contributed by atoms with Crippen molar-refractivity contribution in [3.8, 4) is 5.75 Å². The first-order valence-corrected chi connectivity index (χ1v) is 9.01. The molecule has 0 bridgehead atoms. The van der Waals surface area contributed by atoms with Gasteiger partial charge in [0.05, 0.1) is 11.5 Å². The van der Waals surface area contributed by atoms with Crippen LogP contribution in [0.5, 0.6) is 5.75 Å². The Bertz CT molecular complexity index is 675. The maximum atomic E-state index is 13.2. The summed E-state index contributed by atoms with van der Waals surface area (Å²) in [5.74, 6) is 0.256. The number of halogens is 3. The summed E-state index contributed by atoms with van der Waals surface area (Å²) in [6.07, 6.45) is 1.49. The summed E-state index contributed by atoms with van der Waals surface area (Å²) in [7, 11) is 0. The van der Waals surface area contributed by atoms with Gasteiger partial charge in [0.15, 0.2) is 6.61 Å². The lowest BCUT2D eigenvalue weighted by Crippen LogP contribution is -2.38. The van der Waals surface area contributed by atoms with Crippen molar-refractivity contribution in [3.63, 3.8) is 0 Å². The molecule has 26 heavy (non-hydrogen) atoms. The Balaban J connectivity index is 1.81. The molecule has 1 saturated heterocycles. The fraction of sp³-hybridized carbons (Fsp3) is 0.550. The molecule has 6 heteroatoms. The molecule has 142 valence electrons. The average molecular weight is 367 g/mol. The molecule has 1 aromatic carbocycles. The minimum absolute atomic E-state index is 0.0671. The first kappa shape index (κ1) is 18.8. The molecule has 1 aliphatic heterocycles. The van der Waals surface area contributed by atoms with Crippen LogP contribution in [-0.4, -0.2) is 24.7 Å². The SMILES string of the molecule is C=C(C)C1CC2(CCCCC2)C(=O)N1c1ccc(OCC(F)(F)F)cc1. The average Bonchev–Trinajstić information content (AvgIpc) is 2.87. The van der Waals surface area contributed by atoms with Crippen LogP contribution >= 0.6 is 0 Å². The molecular formula is C20H24F3NO2. The van der Waals surface area contributed by atoms with E-state index in [1.807, 2.05) is 6.92 Å². The second-order valence-corrected chi connectivity index (χ2v) is 7.48. The zero-order valence-electron chi connectivity index (χ0n) is 14.9. The number of hydrogen-bond donors (Lipinski definition) is 0. The summed E-state index contributed by atoms with van der Waals surface area (Å²) in [4.78, 5) is 15.0. The summed E-state index contributed by atoms with van der Waals surface area (Å²) in [6.45, 7) is 4.65. The quantitative estimate of drug-likeness (QED) is 0.680. The number of hydrogen-bond acceptors (Lipinski definition) is 2. The van der Waals surface area contributed by atoms with Crippen molar-refractivity contribution in [2.24, 2.45) is 5.41 Å². The highest BCUT2D eigenvalue weighted by Gasteiger charge is 2.52. The molecule has 1 atom stereocenters. The number of carbonyl (C=O) groups is 1. The van der Waals surface area contributed by atoms with Gasteiger partial charge < -0.3 is 9.64 Å². The van der Waals surface area contributed by atoms with Crippen LogP contribution < -0.4 is 9.64 Å². The first-order chi connectivity index (χ1) is 12.2. The van der Waals surface area contributed by atoms with Crippen LogP contribution in [0.1, 0.15) is 45.4 Å². The van der Waals surface area contributed by atoms with Gasteiger partial charge >= 0.3 is 6.18 Å². The zero-order valence-corrected chi connectivity index (χ0v) is 14.9. The highest BCUT2D eigenvalue weighted by Crippen LogP contribution is 2.49. The van der Waals surface area contributed by atoms with Crippen LogP contribution in [-0.2, 0) is 4.79 Å². The summed E-state index contributed by atoms with van der Waals surface area (Å²) in [5.41, 5.74) is 1.30. The largest absolute Gasteiger partial charge is 0.484 e. The molecule has 2 fully saturated rings. The molecule has 2 aliphatic rings. The van der Waals surface area contributed by atoms with E-state index in [-0.39, 0.29) is 23.1 Å². The van der Waals surface area contributed by atoms with E-state index in [0.717, 1.165) is 44.1 Å².